The molecule has 0 saturated carbocycles. The molecule has 0 bridgehead atoms. The number of nitrogens with two attached hydrogens (primary N) is 1. The number of sulfone groups is 1. The number of aromatic amines is 1. The van der Waals surface area contributed by atoms with Crippen LogP contribution in [0.2, 0.25) is 0 Å². The second-order valence-electron chi connectivity index (χ2n) is 7.01. The van der Waals surface area contributed by atoms with Crippen LogP contribution in [-0.2, 0) is 14.6 Å². The Morgan fingerprint density at radius 3 is 2.35 bits per heavy atom. The number of nitrogens with one attached hydrogen (secondary N) is 1. The maximum absolute atomic E-state index is 13.5. The minimum Gasteiger partial charge on any atom is -0.475 e. The smallest absolute Gasteiger partial charge is 0.475 e. The van der Waals surface area contributed by atoms with E-state index in [1.54, 1.807) is 30.5 Å². The molecule has 0 amide bonds. The normalized spacial score (nSPS) is 11.7. The van der Waals surface area contributed by atoms with Gasteiger partial charge in [0.2, 0.25) is 0 Å². The van der Waals surface area contributed by atoms with E-state index in [1.165, 1.54) is 24.3 Å². The summed E-state index contributed by atoms with van der Waals surface area (Å²) in [6.07, 6.45) is -2.37. The number of nitrogen functional groups attached to an aromatic ring is 1. The van der Waals surface area contributed by atoms with Gasteiger partial charge in [0, 0.05) is 18.0 Å². The number of anilines is 1. The number of carboxylic acid groups (broad SMARTS) is 1. The first kappa shape index (κ1) is 24.6. The number of hydrogen-bond donors (Lipinski definition) is 3. The van der Waals surface area contributed by atoms with Gasteiger partial charge in [-0.2, -0.15) is 13.2 Å². The highest BCUT2D eigenvalue weighted by Gasteiger charge is 2.38. The third-order valence-electron chi connectivity index (χ3n) is 4.46. The second kappa shape index (κ2) is 9.09. The van der Waals surface area contributed by atoms with Crippen LogP contribution in [0.15, 0.2) is 59.6 Å². The number of alkyl halides is 3. The number of carbonyl (C=O) groups is 1. The quantitative estimate of drug-likeness (QED) is 0.364. The predicted molar refractivity (Wildman–Crippen MR) is 116 cm³/mol. The number of hydrogen-bond acceptors (Lipinski definition) is 6. The summed E-state index contributed by atoms with van der Waals surface area (Å²) in [5.41, 5.74) is 9.09. The van der Waals surface area contributed by atoms with Crippen molar-refractivity contribution in [2.75, 3.05) is 12.0 Å². The molecule has 34 heavy (non-hydrogen) atoms. The molecule has 178 valence electrons. The molecule has 0 spiro atoms. The zero-order valence-corrected chi connectivity index (χ0v) is 18.1. The molecule has 0 aliphatic heterocycles. The summed E-state index contributed by atoms with van der Waals surface area (Å²) in [4.78, 5) is 20.8. The average molecular weight is 496 g/mol. The van der Waals surface area contributed by atoms with Crippen molar-refractivity contribution in [1.29, 1.82) is 0 Å². The van der Waals surface area contributed by atoms with Crippen molar-refractivity contribution in [2.45, 2.75) is 11.1 Å². The van der Waals surface area contributed by atoms with E-state index >= 15 is 0 Å². The zero-order valence-electron chi connectivity index (χ0n) is 17.3. The molecule has 2 aromatic heterocycles. The average Bonchev–Trinajstić information content (AvgIpc) is 3.16. The van der Waals surface area contributed by atoms with Crippen LogP contribution in [-0.4, -0.2) is 46.9 Å². The standard InChI is InChI=1S/C19H15FN4O2S.C2HF3O2/c1-27(25,26)14-5-6-16-17(9-14)24-19(23-16)15-8-12(10-22-18(15)21)11-3-2-4-13(20)7-11;3-2(4,5)1(6)7/h2-10H,1H3,(H2,21,22)(H,23,24);(H,6,7). The van der Waals surface area contributed by atoms with Crippen molar-refractivity contribution in [2.24, 2.45) is 0 Å². The molecule has 4 aromatic rings. The van der Waals surface area contributed by atoms with Gasteiger partial charge in [0.05, 0.1) is 21.5 Å². The predicted octanol–water partition coefficient (Wildman–Crippen LogP) is 4.05. The van der Waals surface area contributed by atoms with Crippen LogP contribution < -0.4 is 5.73 Å². The molecule has 2 heterocycles. The summed E-state index contributed by atoms with van der Waals surface area (Å²) in [7, 11) is -3.32. The van der Waals surface area contributed by atoms with Crippen molar-refractivity contribution < 1.29 is 35.9 Å². The minimum atomic E-state index is -5.08. The third kappa shape index (κ3) is 5.67. The van der Waals surface area contributed by atoms with E-state index in [4.69, 9.17) is 15.6 Å². The maximum atomic E-state index is 13.5. The fourth-order valence-electron chi connectivity index (χ4n) is 2.84. The summed E-state index contributed by atoms with van der Waals surface area (Å²) in [5.74, 6) is -2.38. The Balaban J connectivity index is 0.000000406. The molecule has 0 fully saturated rings. The number of carboxylic acids is 1. The highest BCUT2D eigenvalue weighted by molar-refractivity contribution is 7.90. The van der Waals surface area contributed by atoms with Gasteiger partial charge in [-0.25, -0.2) is 27.6 Å². The van der Waals surface area contributed by atoms with Gasteiger partial charge in [0.1, 0.15) is 17.5 Å². The minimum absolute atomic E-state index is 0.199. The molecule has 0 unspecified atom stereocenters. The van der Waals surface area contributed by atoms with Gasteiger partial charge in [-0.15, -0.1) is 0 Å². The summed E-state index contributed by atoms with van der Waals surface area (Å²) < 4.78 is 68.7. The van der Waals surface area contributed by atoms with Crippen molar-refractivity contribution in [3.8, 4) is 22.5 Å². The first-order valence-electron chi connectivity index (χ1n) is 9.27. The van der Waals surface area contributed by atoms with Crippen molar-refractivity contribution in [3.63, 3.8) is 0 Å². The van der Waals surface area contributed by atoms with Crippen LogP contribution in [0.1, 0.15) is 0 Å². The van der Waals surface area contributed by atoms with Crippen molar-refractivity contribution in [1.82, 2.24) is 15.0 Å². The number of benzene rings is 2. The summed E-state index contributed by atoms with van der Waals surface area (Å²) in [6, 6.07) is 12.6. The number of fused-ring (bicyclic) bond motifs is 1. The number of aliphatic carboxylic acids is 1. The van der Waals surface area contributed by atoms with E-state index in [1.807, 2.05) is 0 Å². The Morgan fingerprint density at radius 2 is 1.76 bits per heavy atom. The molecule has 0 saturated heterocycles. The third-order valence-corrected chi connectivity index (χ3v) is 5.57. The number of rotatable bonds is 3. The molecule has 4 rings (SSSR count). The van der Waals surface area contributed by atoms with Crippen LogP contribution in [0.4, 0.5) is 23.4 Å². The van der Waals surface area contributed by atoms with Gasteiger partial charge in [0.15, 0.2) is 9.84 Å². The maximum Gasteiger partial charge on any atom is 0.490 e. The molecular weight excluding hydrogens is 480 g/mol. The number of imidazole rings is 1. The summed E-state index contributed by atoms with van der Waals surface area (Å²) in [5, 5.41) is 7.12. The van der Waals surface area contributed by atoms with E-state index in [-0.39, 0.29) is 16.5 Å². The lowest BCUT2D eigenvalue weighted by molar-refractivity contribution is -0.192. The lowest BCUT2D eigenvalue weighted by Crippen LogP contribution is -2.21. The van der Waals surface area contributed by atoms with Crippen molar-refractivity contribution in [3.05, 3.63) is 60.5 Å². The Bertz CT molecular complexity index is 1480. The Hall–Kier alpha value is -4.00. The van der Waals surface area contributed by atoms with E-state index in [2.05, 4.69) is 15.0 Å². The monoisotopic (exact) mass is 496 g/mol. The van der Waals surface area contributed by atoms with Gasteiger partial charge >= 0.3 is 12.1 Å². The summed E-state index contributed by atoms with van der Waals surface area (Å²) in [6.45, 7) is 0. The topological polar surface area (TPSA) is 139 Å². The van der Waals surface area contributed by atoms with Gasteiger partial charge in [-0.05, 0) is 42.0 Å². The second-order valence-corrected chi connectivity index (χ2v) is 9.02. The number of aromatic nitrogens is 3. The summed E-state index contributed by atoms with van der Waals surface area (Å²) >= 11 is 0. The fourth-order valence-corrected chi connectivity index (χ4v) is 3.49. The van der Waals surface area contributed by atoms with Crippen LogP contribution in [0.5, 0.6) is 0 Å². The number of nitrogens with zero attached hydrogens (tertiary/aromatic N) is 2. The highest BCUT2D eigenvalue weighted by atomic mass is 32.2. The number of H-pyrrole nitrogens is 1. The molecule has 13 heteroatoms. The van der Waals surface area contributed by atoms with Crippen LogP contribution in [0.25, 0.3) is 33.5 Å². The van der Waals surface area contributed by atoms with Gasteiger partial charge < -0.3 is 15.8 Å². The molecule has 0 radical (unpaired) electrons. The Labute approximate surface area is 190 Å². The largest absolute Gasteiger partial charge is 0.490 e. The van der Waals surface area contributed by atoms with E-state index in [9.17, 15) is 26.0 Å². The number of pyridine rings is 1. The zero-order chi connectivity index (χ0) is 25.3. The molecule has 0 aliphatic rings. The molecule has 2 aromatic carbocycles. The van der Waals surface area contributed by atoms with Gasteiger partial charge in [-0.1, -0.05) is 12.1 Å². The number of halogens is 4. The Morgan fingerprint density at radius 1 is 1.09 bits per heavy atom. The fraction of sp³-hybridized carbons (Fsp3) is 0.0952. The Kier molecular flexibility index (Phi) is 6.59. The molecule has 0 atom stereocenters. The molecule has 0 aliphatic carbocycles. The van der Waals surface area contributed by atoms with Gasteiger partial charge in [0.25, 0.3) is 0 Å². The molecular formula is C21H16F4N4O4S. The van der Waals surface area contributed by atoms with Crippen LogP contribution in [0.3, 0.4) is 0 Å². The first-order chi connectivity index (χ1) is 15.8. The highest BCUT2D eigenvalue weighted by Crippen LogP contribution is 2.30. The van der Waals surface area contributed by atoms with Crippen LogP contribution in [0, 0.1) is 5.82 Å². The van der Waals surface area contributed by atoms with Crippen molar-refractivity contribution >= 4 is 32.7 Å². The van der Waals surface area contributed by atoms with E-state index in [0.717, 1.165) is 6.26 Å². The molecule has 4 N–H and O–H groups in total. The van der Waals surface area contributed by atoms with Crippen LogP contribution >= 0.6 is 0 Å². The van der Waals surface area contributed by atoms with Gasteiger partial charge in [-0.3, -0.25) is 0 Å². The SMILES string of the molecule is CS(=O)(=O)c1ccc2nc(-c3cc(-c4cccc(F)c4)cnc3N)[nH]c2c1.O=C(O)C(F)(F)F. The van der Waals surface area contributed by atoms with E-state index < -0.39 is 22.0 Å². The lowest BCUT2D eigenvalue weighted by atomic mass is 10.1. The molecule has 8 nitrogen and oxygen atoms in total. The lowest BCUT2D eigenvalue weighted by Gasteiger charge is -2.06. The first-order valence-corrected chi connectivity index (χ1v) is 11.2. The van der Waals surface area contributed by atoms with E-state index in [0.29, 0.717) is 33.5 Å².